The molecule has 4 aliphatic rings. The third-order valence-electron chi connectivity index (χ3n) is 6.52. The van der Waals surface area contributed by atoms with Crippen molar-refractivity contribution in [3.63, 3.8) is 0 Å². The number of rotatable bonds is 8. The molecule has 2 nitrogen and oxygen atoms in total. The van der Waals surface area contributed by atoms with Crippen molar-refractivity contribution in [3.05, 3.63) is 0 Å². The lowest BCUT2D eigenvalue weighted by atomic mass is 9.47. The average Bonchev–Trinajstić information content (AvgIpc) is 2.42. The highest BCUT2D eigenvalue weighted by atomic mass is 16.5. The van der Waals surface area contributed by atoms with Crippen LogP contribution in [0.25, 0.3) is 0 Å². The van der Waals surface area contributed by atoms with E-state index in [1.54, 1.807) is 0 Å². The maximum atomic E-state index is 6.22. The number of hydrogen-bond donors (Lipinski definition) is 1. The molecule has 0 aromatic heterocycles. The number of hydrogen-bond acceptors (Lipinski definition) is 2. The molecule has 2 heteroatoms. The third kappa shape index (κ3) is 3.32. The molecule has 2 atom stereocenters. The summed E-state index contributed by atoms with van der Waals surface area (Å²) in [6, 6.07) is 0.593. The Bertz CT molecular complexity index is 305. The van der Waals surface area contributed by atoms with E-state index in [-0.39, 0.29) is 0 Å². The van der Waals surface area contributed by atoms with Crippen LogP contribution in [-0.4, -0.2) is 25.3 Å². The summed E-state index contributed by atoms with van der Waals surface area (Å²) < 4.78 is 6.22. The molecule has 1 N–H and O–H groups in total. The monoisotopic (exact) mass is 293 g/mol. The third-order valence-corrected chi connectivity index (χ3v) is 6.52. The Kier molecular flexibility index (Phi) is 4.95. The molecule has 0 saturated heterocycles. The predicted molar refractivity (Wildman–Crippen MR) is 88.4 cm³/mol. The molecule has 4 bridgehead atoms. The standard InChI is InChI=1S/C19H35NO/c1-4-6-14(3)21-13-18(20-5-2)19-10-15-7-16(11-19)9-17(8-15)12-19/h14-18,20H,4-13H2,1-3H3. The van der Waals surface area contributed by atoms with E-state index in [0.717, 1.165) is 30.9 Å². The summed E-state index contributed by atoms with van der Waals surface area (Å²) in [5.41, 5.74) is 0.566. The number of likely N-dealkylation sites (N-methyl/N-ethyl adjacent to an activating group) is 1. The molecule has 0 radical (unpaired) electrons. The molecule has 0 aliphatic heterocycles. The Hall–Kier alpha value is -0.0800. The van der Waals surface area contributed by atoms with E-state index in [9.17, 15) is 0 Å². The van der Waals surface area contributed by atoms with Crippen LogP contribution < -0.4 is 5.32 Å². The van der Waals surface area contributed by atoms with E-state index < -0.39 is 0 Å². The van der Waals surface area contributed by atoms with Gasteiger partial charge >= 0.3 is 0 Å². The molecule has 0 heterocycles. The van der Waals surface area contributed by atoms with Gasteiger partial charge in [-0.15, -0.1) is 0 Å². The summed E-state index contributed by atoms with van der Waals surface area (Å²) in [5.74, 6) is 3.10. The Morgan fingerprint density at radius 3 is 2.10 bits per heavy atom. The fourth-order valence-corrected chi connectivity index (χ4v) is 6.05. The van der Waals surface area contributed by atoms with Crippen molar-refractivity contribution in [2.75, 3.05) is 13.2 Å². The van der Waals surface area contributed by atoms with Gasteiger partial charge in [-0.3, -0.25) is 0 Å². The quantitative estimate of drug-likeness (QED) is 0.717. The van der Waals surface area contributed by atoms with E-state index in [1.165, 1.54) is 51.4 Å². The maximum Gasteiger partial charge on any atom is 0.0628 e. The molecule has 0 aromatic carbocycles. The minimum atomic E-state index is 0.421. The van der Waals surface area contributed by atoms with Gasteiger partial charge in [-0.1, -0.05) is 20.3 Å². The van der Waals surface area contributed by atoms with Crippen LogP contribution in [0.3, 0.4) is 0 Å². The van der Waals surface area contributed by atoms with Gasteiger partial charge in [-0.2, -0.15) is 0 Å². The Morgan fingerprint density at radius 1 is 1.05 bits per heavy atom. The van der Waals surface area contributed by atoms with Crippen molar-refractivity contribution in [3.8, 4) is 0 Å². The molecule has 4 aliphatic carbocycles. The molecule has 0 aromatic rings. The van der Waals surface area contributed by atoms with E-state index in [2.05, 4.69) is 26.1 Å². The highest BCUT2D eigenvalue weighted by Gasteiger charge is 2.54. The lowest BCUT2D eigenvalue weighted by molar-refractivity contribution is -0.0945. The summed E-state index contributed by atoms with van der Waals surface area (Å²) in [4.78, 5) is 0. The predicted octanol–water partition coefficient (Wildman–Crippen LogP) is 4.39. The minimum absolute atomic E-state index is 0.421. The van der Waals surface area contributed by atoms with Crippen LogP contribution in [0.5, 0.6) is 0 Å². The van der Waals surface area contributed by atoms with Crippen LogP contribution in [0.2, 0.25) is 0 Å². The van der Waals surface area contributed by atoms with E-state index in [4.69, 9.17) is 4.74 Å². The highest BCUT2D eigenvalue weighted by Crippen LogP contribution is 2.61. The fourth-order valence-electron chi connectivity index (χ4n) is 6.05. The van der Waals surface area contributed by atoms with Crippen LogP contribution in [0.1, 0.15) is 72.1 Å². The van der Waals surface area contributed by atoms with Gasteiger partial charge in [-0.25, -0.2) is 0 Å². The first-order valence-electron chi connectivity index (χ1n) is 9.50. The summed E-state index contributed by atoms with van der Waals surface area (Å²) >= 11 is 0. The summed E-state index contributed by atoms with van der Waals surface area (Å²) in [7, 11) is 0. The smallest absolute Gasteiger partial charge is 0.0628 e. The van der Waals surface area contributed by atoms with E-state index in [0.29, 0.717) is 17.6 Å². The number of ether oxygens (including phenoxy) is 1. The lowest BCUT2D eigenvalue weighted by Crippen LogP contribution is -2.57. The molecule has 4 fully saturated rings. The second-order valence-electron chi connectivity index (χ2n) is 8.32. The van der Waals surface area contributed by atoms with Crippen molar-refractivity contribution >= 4 is 0 Å². The average molecular weight is 293 g/mol. The van der Waals surface area contributed by atoms with Crippen LogP contribution >= 0.6 is 0 Å². The summed E-state index contributed by atoms with van der Waals surface area (Å²) in [6.07, 6.45) is 11.9. The van der Waals surface area contributed by atoms with Gasteiger partial charge < -0.3 is 10.1 Å². The van der Waals surface area contributed by atoms with Crippen LogP contribution in [0.4, 0.5) is 0 Å². The van der Waals surface area contributed by atoms with Crippen molar-refractivity contribution in [1.82, 2.24) is 5.32 Å². The van der Waals surface area contributed by atoms with Gasteiger partial charge in [0.1, 0.15) is 0 Å². The van der Waals surface area contributed by atoms with Crippen molar-refractivity contribution in [2.24, 2.45) is 23.2 Å². The van der Waals surface area contributed by atoms with Gasteiger partial charge in [0.2, 0.25) is 0 Å². The molecule has 0 amide bonds. The van der Waals surface area contributed by atoms with Gasteiger partial charge in [0.25, 0.3) is 0 Å². The Labute approximate surface area is 131 Å². The van der Waals surface area contributed by atoms with E-state index >= 15 is 0 Å². The highest BCUT2D eigenvalue weighted by molar-refractivity contribution is 5.06. The molecule has 4 rings (SSSR count). The Balaban J connectivity index is 1.65. The molecule has 2 unspecified atom stereocenters. The molecular formula is C19H35NO. The first-order valence-corrected chi connectivity index (χ1v) is 9.50. The normalized spacial score (nSPS) is 40.4. The first-order chi connectivity index (χ1) is 10.1. The van der Waals surface area contributed by atoms with Crippen molar-refractivity contribution in [2.45, 2.75) is 84.3 Å². The van der Waals surface area contributed by atoms with E-state index in [1.807, 2.05) is 0 Å². The number of nitrogens with one attached hydrogen (secondary N) is 1. The van der Waals surface area contributed by atoms with Gasteiger partial charge in [0, 0.05) is 6.04 Å². The SMILES string of the molecule is CCCC(C)OCC(NCC)C12CC3CC(CC(C3)C1)C2. The molecule has 4 saturated carbocycles. The van der Waals surface area contributed by atoms with Crippen LogP contribution in [0.15, 0.2) is 0 Å². The fraction of sp³-hybridized carbons (Fsp3) is 1.00. The van der Waals surface area contributed by atoms with Gasteiger partial charge in [0.05, 0.1) is 12.7 Å². The lowest BCUT2D eigenvalue weighted by Gasteiger charge is -2.59. The minimum Gasteiger partial charge on any atom is -0.377 e. The zero-order chi connectivity index (χ0) is 14.9. The molecule has 122 valence electrons. The Morgan fingerprint density at radius 2 is 1.62 bits per heavy atom. The summed E-state index contributed by atoms with van der Waals surface area (Å²) in [5, 5.41) is 3.81. The molecule has 0 spiro atoms. The largest absolute Gasteiger partial charge is 0.377 e. The first kappa shape index (κ1) is 15.8. The molecule has 21 heavy (non-hydrogen) atoms. The maximum absolute atomic E-state index is 6.22. The second-order valence-corrected chi connectivity index (χ2v) is 8.32. The van der Waals surface area contributed by atoms with Crippen LogP contribution in [0, 0.1) is 23.2 Å². The van der Waals surface area contributed by atoms with Crippen molar-refractivity contribution in [1.29, 1.82) is 0 Å². The molecular weight excluding hydrogens is 258 g/mol. The zero-order valence-electron chi connectivity index (χ0n) is 14.4. The van der Waals surface area contributed by atoms with Gasteiger partial charge in [-0.05, 0) is 81.6 Å². The van der Waals surface area contributed by atoms with Crippen molar-refractivity contribution < 1.29 is 4.74 Å². The topological polar surface area (TPSA) is 21.3 Å². The van der Waals surface area contributed by atoms with Gasteiger partial charge in [0.15, 0.2) is 0 Å². The zero-order valence-corrected chi connectivity index (χ0v) is 14.4. The van der Waals surface area contributed by atoms with Crippen LogP contribution in [-0.2, 0) is 4.74 Å². The second kappa shape index (κ2) is 6.58. The summed E-state index contributed by atoms with van der Waals surface area (Å²) in [6.45, 7) is 8.76.